The number of rotatable bonds is 7. The molecule has 25 heavy (non-hydrogen) atoms. The molecule has 0 unspecified atom stereocenters. The van der Waals surface area contributed by atoms with E-state index < -0.39 is 0 Å². The van der Waals surface area contributed by atoms with Crippen LogP contribution in [-0.2, 0) is 19.1 Å². The molecule has 4 nitrogen and oxygen atoms in total. The second-order valence-corrected chi connectivity index (χ2v) is 8.07. The number of carbonyl (C=O) groups excluding carboxylic acids is 2. The van der Waals surface area contributed by atoms with Crippen LogP contribution in [0.5, 0.6) is 0 Å². The summed E-state index contributed by atoms with van der Waals surface area (Å²) in [4.78, 5) is 23.4. The molecule has 0 saturated heterocycles. The first-order chi connectivity index (χ1) is 12.0. The topological polar surface area (TPSA) is 52.6 Å². The van der Waals surface area contributed by atoms with Crippen molar-refractivity contribution in [3.05, 3.63) is 12.2 Å². The minimum Gasteiger partial charge on any atom is -0.465 e. The maximum absolute atomic E-state index is 12.2. The summed E-state index contributed by atoms with van der Waals surface area (Å²) >= 11 is 0. The summed E-state index contributed by atoms with van der Waals surface area (Å²) in [5, 5.41) is 0. The summed E-state index contributed by atoms with van der Waals surface area (Å²) in [6.07, 6.45) is 10.4. The molecule has 0 amide bonds. The molecule has 0 radical (unpaired) electrons. The van der Waals surface area contributed by atoms with Crippen LogP contribution in [0, 0.1) is 23.7 Å². The van der Waals surface area contributed by atoms with Crippen LogP contribution in [0.4, 0.5) is 0 Å². The number of hydrogen-bond acceptors (Lipinski definition) is 4. The maximum atomic E-state index is 12.2. The number of esters is 2. The largest absolute Gasteiger partial charge is 0.465 e. The highest BCUT2D eigenvalue weighted by atomic mass is 16.5. The van der Waals surface area contributed by atoms with Crippen molar-refractivity contribution in [1.82, 2.24) is 0 Å². The fraction of sp³-hybridized carbons (Fsp3) is 0.810. The van der Waals surface area contributed by atoms with Gasteiger partial charge in [-0.3, -0.25) is 4.79 Å². The Balaban J connectivity index is 1.58. The molecule has 2 fully saturated rings. The SMILES string of the molecule is C=C(C)C(=O)OCCCOC(=O)C1CCC(C2CCC(C)CC2)CC1. The molecule has 2 aliphatic rings. The van der Waals surface area contributed by atoms with Crippen molar-refractivity contribution in [2.45, 2.75) is 71.6 Å². The average Bonchev–Trinajstić information content (AvgIpc) is 2.61. The zero-order valence-electron chi connectivity index (χ0n) is 15.9. The molecule has 0 aromatic carbocycles. The number of carbonyl (C=O) groups is 2. The fourth-order valence-electron chi connectivity index (χ4n) is 4.22. The monoisotopic (exact) mass is 350 g/mol. The molecule has 142 valence electrons. The van der Waals surface area contributed by atoms with E-state index in [1.165, 1.54) is 38.5 Å². The zero-order chi connectivity index (χ0) is 18.2. The molecule has 0 N–H and O–H groups in total. The molecule has 2 aliphatic carbocycles. The van der Waals surface area contributed by atoms with Gasteiger partial charge in [-0.15, -0.1) is 0 Å². The Hall–Kier alpha value is -1.32. The Morgan fingerprint density at radius 2 is 1.40 bits per heavy atom. The van der Waals surface area contributed by atoms with Gasteiger partial charge in [0.15, 0.2) is 0 Å². The summed E-state index contributed by atoms with van der Waals surface area (Å²) in [6.45, 7) is 8.10. The first-order valence-corrected chi connectivity index (χ1v) is 9.96. The summed E-state index contributed by atoms with van der Waals surface area (Å²) in [6, 6.07) is 0. The third-order valence-electron chi connectivity index (χ3n) is 5.95. The molecule has 0 aromatic rings. The molecule has 2 rings (SSSR count). The molecule has 2 saturated carbocycles. The van der Waals surface area contributed by atoms with Crippen LogP contribution in [0.25, 0.3) is 0 Å². The van der Waals surface area contributed by atoms with Gasteiger partial charge >= 0.3 is 11.9 Å². The van der Waals surface area contributed by atoms with E-state index in [-0.39, 0.29) is 24.5 Å². The van der Waals surface area contributed by atoms with Gasteiger partial charge in [-0.1, -0.05) is 26.3 Å². The van der Waals surface area contributed by atoms with Crippen molar-refractivity contribution >= 4 is 11.9 Å². The van der Waals surface area contributed by atoms with Crippen LogP contribution in [0.2, 0.25) is 0 Å². The van der Waals surface area contributed by atoms with Gasteiger partial charge in [0.05, 0.1) is 19.1 Å². The lowest BCUT2D eigenvalue weighted by Crippen LogP contribution is -2.29. The van der Waals surface area contributed by atoms with Crippen LogP contribution in [0.1, 0.15) is 71.6 Å². The smallest absolute Gasteiger partial charge is 0.333 e. The Kier molecular flexibility index (Phi) is 7.98. The van der Waals surface area contributed by atoms with Crippen LogP contribution in [0.3, 0.4) is 0 Å². The van der Waals surface area contributed by atoms with E-state index in [4.69, 9.17) is 9.47 Å². The first kappa shape index (κ1) is 20.0. The number of ether oxygens (including phenoxy) is 2. The highest BCUT2D eigenvalue weighted by Crippen LogP contribution is 2.41. The Morgan fingerprint density at radius 3 is 1.96 bits per heavy atom. The minimum absolute atomic E-state index is 0.0664. The van der Waals surface area contributed by atoms with E-state index >= 15 is 0 Å². The van der Waals surface area contributed by atoms with E-state index in [1.54, 1.807) is 6.92 Å². The van der Waals surface area contributed by atoms with Crippen molar-refractivity contribution in [2.75, 3.05) is 13.2 Å². The van der Waals surface area contributed by atoms with E-state index in [2.05, 4.69) is 13.5 Å². The lowest BCUT2D eigenvalue weighted by molar-refractivity contribution is -0.150. The molecule has 0 bridgehead atoms. The molecular formula is C21H34O4. The lowest BCUT2D eigenvalue weighted by atomic mass is 9.69. The van der Waals surface area contributed by atoms with Gasteiger partial charge in [0, 0.05) is 12.0 Å². The number of hydrogen-bond donors (Lipinski definition) is 0. The van der Waals surface area contributed by atoms with Gasteiger partial charge in [0.2, 0.25) is 0 Å². The fourth-order valence-corrected chi connectivity index (χ4v) is 4.22. The molecule has 0 aromatic heterocycles. The molecular weight excluding hydrogens is 316 g/mol. The Bertz CT molecular complexity index is 455. The summed E-state index contributed by atoms with van der Waals surface area (Å²) < 4.78 is 10.4. The van der Waals surface area contributed by atoms with E-state index in [1.807, 2.05) is 0 Å². The van der Waals surface area contributed by atoms with Crippen LogP contribution >= 0.6 is 0 Å². The minimum atomic E-state index is -0.387. The highest BCUT2D eigenvalue weighted by molar-refractivity contribution is 5.86. The molecule has 0 heterocycles. The predicted octanol–water partition coefficient (Wildman–Crippen LogP) is 4.67. The predicted molar refractivity (Wildman–Crippen MR) is 97.9 cm³/mol. The zero-order valence-corrected chi connectivity index (χ0v) is 15.9. The third-order valence-corrected chi connectivity index (χ3v) is 5.95. The second kappa shape index (κ2) is 9.98. The molecule has 4 heteroatoms. The van der Waals surface area contributed by atoms with Crippen molar-refractivity contribution in [3.63, 3.8) is 0 Å². The van der Waals surface area contributed by atoms with E-state index in [0.717, 1.165) is 30.6 Å². The quantitative estimate of drug-likeness (QED) is 0.380. The summed E-state index contributed by atoms with van der Waals surface area (Å²) in [5.41, 5.74) is 0.390. The van der Waals surface area contributed by atoms with Gasteiger partial charge in [0.1, 0.15) is 0 Å². The normalized spacial score (nSPS) is 29.7. The van der Waals surface area contributed by atoms with Crippen LogP contribution in [0.15, 0.2) is 12.2 Å². The first-order valence-electron chi connectivity index (χ1n) is 9.96. The van der Waals surface area contributed by atoms with Crippen molar-refractivity contribution < 1.29 is 19.1 Å². The maximum Gasteiger partial charge on any atom is 0.333 e. The summed E-state index contributed by atoms with van der Waals surface area (Å²) in [5.74, 6) is 2.21. The molecule has 0 spiro atoms. The van der Waals surface area contributed by atoms with E-state index in [9.17, 15) is 9.59 Å². The summed E-state index contributed by atoms with van der Waals surface area (Å²) in [7, 11) is 0. The van der Waals surface area contributed by atoms with Crippen LogP contribution in [-0.4, -0.2) is 25.2 Å². The van der Waals surface area contributed by atoms with Crippen LogP contribution < -0.4 is 0 Å². The van der Waals surface area contributed by atoms with Gasteiger partial charge in [-0.2, -0.15) is 0 Å². The van der Waals surface area contributed by atoms with Gasteiger partial charge in [0.25, 0.3) is 0 Å². The Labute approximate surface area is 152 Å². The van der Waals surface area contributed by atoms with Gasteiger partial charge in [-0.25, -0.2) is 4.79 Å². The standard InChI is InChI=1S/C21H34O4/c1-15(2)20(22)24-13-4-14-25-21(23)19-11-9-18(10-12-19)17-7-5-16(3)6-8-17/h16-19H,1,4-14H2,2-3H3. The van der Waals surface area contributed by atoms with Crippen molar-refractivity contribution in [2.24, 2.45) is 23.7 Å². The van der Waals surface area contributed by atoms with Crippen molar-refractivity contribution in [1.29, 1.82) is 0 Å². The van der Waals surface area contributed by atoms with Gasteiger partial charge < -0.3 is 9.47 Å². The second-order valence-electron chi connectivity index (χ2n) is 8.07. The lowest BCUT2D eigenvalue weighted by Gasteiger charge is -2.36. The Morgan fingerprint density at radius 1 is 0.880 bits per heavy atom. The van der Waals surface area contributed by atoms with Gasteiger partial charge in [-0.05, 0) is 63.2 Å². The van der Waals surface area contributed by atoms with E-state index in [0.29, 0.717) is 18.6 Å². The molecule has 0 aliphatic heterocycles. The van der Waals surface area contributed by atoms with Crippen molar-refractivity contribution in [3.8, 4) is 0 Å². The highest BCUT2D eigenvalue weighted by Gasteiger charge is 2.32. The average molecular weight is 350 g/mol. The molecule has 0 atom stereocenters. The third kappa shape index (κ3) is 6.48.